The molecule has 2 rings (SSSR count). The van der Waals surface area contributed by atoms with Crippen LogP contribution in [0.25, 0.3) is 0 Å². The summed E-state index contributed by atoms with van der Waals surface area (Å²) in [5.74, 6) is -0.0334. The van der Waals surface area contributed by atoms with Gasteiger partial charge in [-0.2, -0.15) is 0 Å². The Morgan fingerprint density at radius 3 is 2.29 bits per heavy atom. The second kappa shape index (κ2) is 4.68. The predicted octanol–water partition coefficient (Wildman–Crippen LogP) is 2.96. The van der Waals surface area contributed by atoms with Crippen molar-refractivity contribution < 1.29 is 8.42 Å². The first-order valence-electron chi connectivity index (χ1n) is 4.80. The Hall–Kier alpha value is -1.04. The van der Waals surface area contributed by atoms with Crippen molar-refractivity contribution in [3.05, 3.63) is 45.6 Å². The highest BCUT2D eigenvalue weighted by Gasteiger charge is 2.16. The van der Waals surface area contributed by atoms with Gasteiger partial charge in [-0.25, -0.2) is 8.42 Å². The number of nitrogen functional groups attached to an aromatic ring is 1. The lowest BCUT2D eigenvalue weighted by atomic mass is 10.3. The third-order valence-electron chi connectivity index (χ3n) is 2.20. The molecule has 0 aliphatic rings. The van der Waals surface area contributed by atoms with E-state index >= 15 is 0 Å². The van der Waals surface area contributed by atoms with Crippen LogP contribution in [0.15, 0.2) is 41.3 Å². The third-order valence-corrected chi connectivity index (χ3v) is 5.30. The molecule has 1 heterocycles. The minimum atomic E-state index is -3.32. The summed E-state index contributed by atoms with van der Waals surface area (Å²) in [6, 6.07) is 9.60. The topological polar surface area (TPSA) is 60.2 Å². The highest BCUT2D eigenvalue weighted by molar-refractivity contribution is 7.90. The monoisotopic (exact) mass is 287 g/mol. The van der Waals surface area contributed by atoms with Crippen molar-refractivity contribution in [3.8, 4) is 0 Å². The van der Waals surface area contributed by atoms with E-state index in [4.69, 9.17) is 17.3 Å². The van der Waals surface area contributed by atoms with Gasteiger partial charge in [0.1, 0.15) is 0 Å². The first-order chi connectivity index (χ1) is 7.97. The molecule has 0 unspecified atom stereocenters. The fourth-order valence-corrected chi connectivity index (χ4v) is 4.15. The van der Waals surface area contributed by atoms with E-state index in [-0.39, 0.29) is 10.6 Å². The summed E-state index contributed by atoms with van der Waals surface area (Å²) in [6.45, 7) is 0. The molecule has 90 valence electrons. The maximum absolute atomic E-state index is 12.0. The third kappa shape index (κ3) is 3.00. The van der Waals surface area contributed by atoms with Gasteiger partial charge < -0.3 is 5.73 Å². The molecule has 1 aromatic carbocycles. The van der Waals surface area contributed by atoms with Gasteiger partial charge in [-0.1, -0.05) is 11.6 Å². The Morgan fingerprint density at radius 1 is 1.12 bits per heavy atom. The Bertz CT molecular complexity index is 617. The van der Waals surface area contributed by atoms with Gasteiger partial charge in [0.15, 0.2) is 9.84 Å². The van der Waals surface area contributed by atoms with Crippen molar-refractivity contribution in [3.63, 3.8) is 0 Å². The van der Waals surface area contributed by atoms with Gasteiger partial charge in [-0.05, 0) is 36.4 Å². The molecule has 0 aliphatic heterocycles. The van der Waals surface area contributed by atoms with Gasteiger partial charge in [0, 0.05) is 10.6 Å². The molecule has 0 fully saturated rings. The highest BCUT2D eigenvalue weighted by atomic mass is 35.5. The zero-order valence-corrected chi connectivity index (χ0v) is 11.1. The van der Waals surface area contributed by atoms with E-state index in [9.17, 15) is 8.42 Å². The Morgan fingerprint density at radius 2 is 1.76 bits per heavy atom. The fraction of sp³-hybridized carbons (Fsp3) is 0.0909. The number of thiophene rings is 1. The van der Waals surface area contributed by atoms with Crippen molar-refractivity contribution >= 4 is 38.5 Å². The average Bonchev–Trinajstić information content (AvgIpc) is 2.63. The summed E-state index contributed by atoms with van der Waals surface area (Å²) < 4.78 is 24.7. The van der Waals surface area contributed by atoms with Crippen molar-refractivity contribution in [2.24, 2.45) is 0 Å². The molecular formula is C11H10ClNO2S2. The Kier molecular flexibility index (Phi) is 3.42. The van der Waals surface area contributed by atoms with Crippen LogP contribution in [0.5, 0.6) is 0 Å². The van der Waals surface area contributed by atoms with Crippen molar-refractivity contribution in [1.29, 1.82) is 0 Å². The van der Waals surface area contributed by atoms with Gasteiger partial charge in [0.05, 0.1) is 15.0 Å². The number of benzene rings is 1. The number of sulfone groups is 1. The minimum Gasteiger partial charge on any atom is -0.399 e. The molecule has 2 N–H and O–H groups in total. The van der Waals surface area contributed by atoms with Crippen LogP contribution in [0, 0.1) is 0 Å². The first-order valence-corrected chi connectivity index (χ1v) is 7.64. The summed E-state index contributed by atoms with van der Waals surface area (Å²) in [4.78, 5) is 1.00. The molecule has 0 bridgehead atoms. The van der Waals surface area contributed by atoms with Gasteiger partial charge in [-0.15, -0.1) is 11.3 Å². The molecule has 0 spiro atoms. The highest BCUT2D eigenvalue weighted by Crippen LogP contribution is 2.25. The molecule has 0 saturated heterocycles. The van der Waals surface area contributed by atoms with Gasteiger partial charge in [0.2, 0.25) is 0 Å². The maximum atomic E-state index is 12.0. The van der Waals surface area contributed by atoms with Gasteiger partial charge >= 0.3 is 0 Å². The molecule has 2 aromatic rings. The number of anilines is 1. The second-order valence-electron chi connectivity index (χ2n) is 3.53. The normalized spacial score (nSPS) is 11.6. The molecule has 0 radical (unpaired) electrons. The number of nitrogens with two attached hydrogens (primary N) is 1. The fourth-order valence-electron chi connectivity index (χ4n) is 1.38. The first kappa shape index (κ1) is 12.4. The summed E-state index contributed by atoms with van der Waals surface area (Å²) in [7, 11) is -3.32. The molecule has 0 saturated carbocycles. The summed E-state index contributed by atoms with van der Waals surface area (Å²) in [5, 5.41) is 0. The van der Waals surface area contributed by atoms with Crippen LogP contribution in [0.4, 0.5) is 5.69 Å². The largest absolute Gasteiger partial charge is 0.399 e. The number of rotatable bonds is 3. The molecule has 0 atom stereocenters. The zero-order chi connectivity index (χ0) is 12.5. The van der Waals surface area contributed by atoms with E-state index in [1.807, 2.05) is 0 Å². The molecular weight excluding hydrogens is 278 g/mol. The lowest BCUT2D eigenvalue weighted by molar-refractivity contribution is 0.595. The molecule has 0 amide bonds. The van der Waals surface area contributed by atoms with Gasteiger partial charge in [0.25, 0.3) is 0 Å². The van der Waals surface area contributed by atoms with Crippen LogP contribution >= 0.6 is 22.9 Å². The molecule has 3 nitrogen and oxygen atoms in total. The lowest BCUT2D eigenvalue weighted by Gasteiger charge is -2.03. The van der Waals surface area contributed by atoms with Crippen molar-refractivity contribution in [2.75, 3.05) is 5.73 Å². The minimum absolute atomic E-state index is 0.0334. The average molecular weight is 288 g/mol. The van der Waals surface area contributed by atoms with Crippen LogP contribution in [0.3, 0.4) is 0 Å². The van der Waals surface area contributed by atoms with Crippen LogP contribution in [0.2, 0.25) is 4.34 Å². The van der Waals surface area contributed by atoms with E-state index < -0.39 is 9.84 Å². The zero-order valence-electron chi connectivity index (χ0n) is 8.76. The predicted molar refractivity (Wildman–Crippen MR) is 71.1 cm³/mol. The van der Waals surface area contributed by atoms with E-state index in [1.165, 1.54) is 23.5 Å². The second-order valence-corrected chi connectivity index (χ2v) is 7.32. The number of halogens is 1. The molecule has 1 aromatic heterocycles. The smallest absolute Gasteiger partial charge is 0.183 e. The van der Waals surface area contributed by atoms with Crippen LogP contribution in [-0.2, 0) is 15.6 Å². The summed E-state index contributed by atoms with van der Waals surface area (Å²) in [5.41, 5.74) is 6.06. The SMILES string of the molecule is Nc1ccc(S(=O)(=O)Cc2ccc(Cl)s2)cc1. The van der Waals surface area contributed by atoms with Crippen LogP contribution < -0.4 is 5.73 Å². The van der Waals surface area contributed by atoms with E-state index in [1.54, 1.807) is 24.3 Å². The van der Waals surface area contributed by atoms with Crippen LogP contribution in [0.1, 0.15) is 4.88 Å². The maximum Gasteiger partial charge on any atom is 0.183 e. The van der Waals surface area contributed by atoms with Crippen molar-refractivity contribution in [1.82, 2.24) is 0 Å². The quantitative estimate of drug-likeness (QED) is 0.883. The Balaban J connectivity index is 2.28. The van der Waals surface area contributed by atoms with E-state index in [0.717, 1.165) is 4.88 Å². The lowest BCUT2D eigenvalue weighted by Crippen LogP contribution is -2.03. The molecule has 17 heavy (non-hydrogen) atoms. The van der Waals surface area contributed by atoms with E-state index in [2.05, 4.69) is 0 Å². The van der Waals surface area contributed by atoms with E-state index in [0.29, 0.717) is 10.0 Å². The molecule has 0 aliphatic carbocycles. The van der Waals surface area contributed by atoms with Gasteiger partial charge in [-0.3, -0.25) is 0 Å². The summed E-state index contributed by atoms with van der Waals surface area (Å²) >= 11 is 7.04. The number of hydrogen-bond acceptors (Lipinski definition) is 4. The standard InChI is InChI=1S/C11H10ClNO2S2/c12-11-6-3-9(16-11)7-17(14,15)10-4-1-8(13)2-5-10/h1-6H,7,13H2. The molecule has 6 heteroatoms. The van der Waals surface area contributed by atoms with Crippen molar-refractivity contribution in [2.45, 2.75) is 10.6 Å². The summed E-state index contributed by atoms with van der Waals surface area (Å²) in [6.07, 6.45) is 0. The number of hydrogen-bond donors (Lipinski definition) is 1. The van der Waals surface area contributed by atoms with Crippen LogP contribution in [-0.4, -0.2) is 8.42 Å². The Labute approximate surface area is 109 Å².